The first-order chi connectivity index (χ1) is 7.83. The van der Waals surface area contributed by atoms with Crippen LogP contribution in [0.1, 0.15) is 27.7 Å². The van der Waals surface area contributed by atoms with Crippen LogP contribution in [0.3, 0.4) is 0 Å². The van der Waals surface area contributed by atoms with Crippen molar-refractivity contribution in [3.05, 3.63) is 12.3 Å². The molecule has 0 aliphatic heterocycles. The highest BCUT2D eigenvalue weighted by Gasteiger charge is 2.07. The number of rotatable bonds is 6. The second-order valence-electron chi connectivity index (χ2n) is 3.08. The molecule has 0 aromatic carbocycles. The highest BCUT2D eigenvalue weighted by Crippen LogP contribution is 2.12. The molecule has 0 N–H and O–H groups in total. The Morgan fingerprint density at radius 3 is 2.44 bits per heavy atom. The largest absolute Gasteiger partial charge is 0.383 e. The summed E-state index contributed by atoms with van der Waals surface area (Å²) >= 11 is 0. The molecule has 1 aromatic heterocycles. The van der Waals surface area contributed by atoms with Gasteiger partial charge in [0, 0.05) is 26.3 Å². The van der Waals surface area contributed by atoms with Gasteiger partial charge < -0.3 is 9.64 Å². The molecule has 4 heteroatoms. The van der Waals surface area contributed by atoms with Crippen LogP contribution in [0.25, 0.3) is 0 Å². The fourth-order valence-corrected chi connectivity index (χ4v) is 1.49. The zero-order chi connectivity index (χ0) is 12.4. The van der Waals surface area contributed by atoms with Crippen molar-refractivity contribution in [1.29, 1.82) is 0 Å². The van der Waals surface area contributed by atoms with E-state index in [0.29, 0.717) is 6.61 Å². The lowest BCUT2D eigenvalue weighted by molar-refractivity contribution is 0.184. The number of methoxy groups -OCH3 is 1. The number of hydrogen-bond acceptors (Lipinski definition) is 3. The normalized spacial score (nSPS) is 9.56. The summed E-state index contributed by atoms with van der Waals surface area (Å²) in [6.07, 6.45) is 1.84. The van der Waals surface area contributed by atoms with Gasteiger partial charge in [0.15, 0.2) is 0 Å². The van der Waals surface area contributed by atoms with Gasteiger partial charge in [-0.25, -0.2) is 4.68 Å². The molecule has 0 atom stereocenters. The number of aromatic nitrogens is 2. The third kappa shape index (κ3) is 4.23. The van der Waals surface area contributed by atoms with Gasteiger partial charge in [-0.3, -0.25) is 0 Å². The number of anilines is 1. The minimum absolute atomic E-state index is 0.704. The van der Waals surface area contributed by atoms with Crippen LogP contribution in [0.5, 0.6) is 0 Å². The lowest BCUT2D eigenvalue weighted by Crippen LogP contribution is -2.25. The van der Waals surface area contributed by atoms with Crippen molar-refractivity contribution in [2.75, 3.05) is 31.7 Å². The van der Waals surface area contributed by atoms with E-state index in [1.165, 1.54) is 5.82 Å². The Balaban J connectivity index is 0.00000106. The molecule has 1 aromatic rings. The Hall–Kier alpha value is -1.03. The second kappa shape index (κ2) is 9.21. The lowest BCUT2D eigenvalue weighted by atomic mass is 10.4. The third-order valence-corrected chi connectivity index (χ3v) is 2.29. The minimum Gasteiger partial charge on any atom is -0.383 e. The molecule has 0 fully saturated rings. The Morgan fingerprint density at radius 1 is 1.31 bits per heavy atom. The molecule has 0 saturated heterocycles. The number of nitrogens with zero attached hydrogens (tertiary/aromatic N) is 3. The smallest absolute Gasteiger partial charge is 0.126 e. The molecule has 0 unspecified atom stereocenters. The molecule has 1 heterocycles. The maximum Gasteiger partial charge on any atom is 0.126 e. The summed E-state index contributed by atoms with van der Waals surface area (Å²) in [5.41, 5.74) is 0. The lowest BCUT2D eigenvalue weighted by Gasteiger charge is -2.21. The molecule has 1 rings (SSSR count). The summed E-state index contributed by atoms with van der Waals surface area (Å²) < 4.78 is 7.02. The maximum atomic E-state index is 5.04. The van der Waals surface area contributed by atoms with Gasteiger partial charge in [-0.1, -0.05) is 13.8 Å². The van der Waals surface area contributed by atoms with Crippen LogP contribution in [-0.2, 0) is 11.3 Å². The Bertz CT molecular complexity index is 257. The van der Waals surface area contributed by atoms with E-state index in [2.05, 4.69) is 23.8 Å². The molecule has 0 saturated carbocycles. The highest BCUT2D eigenvalue weighted by atomic mass is 16.5. The average Bonchev–Trinajstić information content (AvgIpc) is 2.79. The van der Waals surface area contributed by atoms with Gasteiger partial charge in [-0.05, 0) is 13.8 Å². The summed E-state index contributed by atoms with van der Waals surface area (Å²) in [5.74, 6) is 1.17. The topological polar surface area (TPSA) is 30.3 Å². The van der Waals surface area contributed by atoms with Gasteiger partial charge in [0.25, 0.3) is 0 Å². The van der Waals surface area contributed by atoms with E-state index >= 15 is 0 Å². The van der Waals surface area contributed by atoms with Crippen molar-refractivity contribution in [2.45, 2.75) is 34.2 Å². The quantitative estimate of drug-likeness (QED) is 0.747. The van der Waals surface area contributed by atoms with E-state index in [1.807, 2.05) is 30.8 Å². The SMILES string of the molecule is CC.CCN(CC)c1ccnn1CCOC. The van der Waals surface area contributed by atoms with E-state index in [0.717, 1.165) is 19.6 Å². The van der Waals surface area contributed by atoms with E-state index in [4.69, 9.17) is 4.74 Å². The molecule has 94 valence electrons. The van der Waals surface area contributed by atoms with Crippen LogP contribution < -0.4 is 4.90 Å². The van der Waals surface area contributed by atoms with Crippen LogP contribution in [0.2, 0.25) is 0 Å². The predicted molar refractivity (Wildman–Crippen MR) is 69.0 cm³/mol. The monoisotopic (exact) mass is 227 g/mol. The summed E-state index contributed by atoms with van der Waals surface area (Å²) in [5, 5.41) is 4.27. The standard InChI is InChI=1S/C10H19N3O.C2H6/c1-4-12(5-2)10-6-7-11-13(10)8-9-14-3;1-2/h6-7H,4-5,8-9H2,1-3H3;1-2H3. The molecular weight excluding hydrogens is 202 g/mol. The van der Waals surface area contributed by atoms with Gasteiger partial charge in [0.1, 0.15) is 5.82 Å². The van der Waals surface area contributed by atoms with E-state index in [9.17, 15) is 0 Å². The molecule has 16 heavy (non-hydrogen) atoms. The number of ether oxygens (including phenoxy) is 1. The Kier molecular flexibility index (Phi) is 8.62. The molecule has 0 aliphatic carbocycles. The molecule has 0 radical (unpaired) electrons. The molecule has 0 amide bonds. The van der Waals surface area contributed by atoms with Gasteiger partial charge in [-0.2, -0.15) is 5.10 Å². The second-order valence-corrected chi connectivity index (χ2v) is 3.08. The molecular formula is C12H25N3O. The van der Waals surface area contributed by atoms with Crippen molar-refractivity contribution in [3.8, 4) is 0 Å². The summed E-state index contributed by atoms with van der Waals surface area (Å²) in [7, 11) is 1.71. The first-order valence-corrected chi connectivity index (χ1v) is 6.09. The average molecular weight is 227 g/mol. The Morgan fingerprint density at radius 2 is 1.94 bits per heavy atom. The zero-order valence-corrected chi connectivity index (χ0v) is 11.2. The minimum atomic E-state index is 0.704. The van der Waals surface area contributed by atoms with Crippen LogP contribution in [0.15, 0.2) is 12.3 Å². The van der Waals surface area contributed by atoms with E-state index < -0.39 is 0 Å². The predicted octanol–water partition coefficient (Wildman–Crippen LogP) is 2.40. The summed E-state index contributed by atoms with van der Waals surface area (Å²) in [6.45, 7) is 11.8. The fourth-order valence-electron chi connectivity index (χ4n) is 1.49. The third-order valence-electron chi connectivity index (χ3n) is 2.29. The van der Waals surface area contributed by atoms with Gasteiger partial charge in [0.2, 0.25) is 0 Å². The molecule has 0 aliphatic rings. The summed E-state index contributed by atoms with van der Waals surface area (Å²) in [6, 6.07) is 2.04. The molecule has 0 spiro atoms. The first kappa shape index (κ1) is 15.0. The molecule has 4 nitrogen and oxygen atoms in total. The van der Waals surface area contributed by atoms with Gasteiger partial charge in [-0.15, -0.1) is 0 Å². The maximum absolute atomic E-state index is 5.04. The van der Waals surface area contributed by atoms with Crippen molar-refractivity contribution < 1.29 is 4.74 Å². The fraction of sp³-hybridized carbons (Fsp3) is 0.750. The number of hydrogen-bond donors (Lipinski definition) is 0. The first-order valence-electron chi connectivity index (χ1n) is 6.09. The summed E-state index contributed by atoms with van der Waals surface area (Å²) in [4.78, 5) is 2.28. The van der Waals surface area contributed by atoms with Gasteiger partial charge >= 0.3 is 0 Å². The van der Waals surface area contributed by atoms with E-state index in [1.54, 1.807) is 7.11 Å². The van der Waals surface area contributed by atoms with E-state index in [-0.39, 0.29) is 0 Å². The highest BCUT2D eigenvalue weighted by molar-refractivity contribution is 5.37. The van der Waals surface area contributed by atoms with Gasteiger partial charge in [0.05, 0.1) is 19.3 Å². The van der Waals surface area contributed by atoms with Crippen LogP contribution >= 0.6 is 0 Å². The van der Waals surface area contributed by atoms with Crippen LogP contribution in [0.4, 0.5) is 5.82 Å². The van der Waals surface area contributed by atoms with Crippen molar-refractivity contribution in [1.82, 2.24) is 9.78 Å². The van der Waals surface area contributed by atoms with Crippen molar-refractivity contribution in [2.24, 2.45) is 0 Å². The Labute approximate surface area is 99.2 Å². The van der Waals surface area contributed by atoms with Crippen LogP contribution in [-0.4, -0.2) is 36.6 Å². The van der Waals surface area contributed by atoms with Crippen molar-refractivity contribution >= 4 is 5.82 Å². The molecule has 0 bridgehead atoms. The van der Waals surface area contributed by atoms with Crippen LogP contribution in [0, 0.1) is 0 Å². The zero-order valence-electron chi connectivity index (χ0n) is 11.2. The van der Waals surface area contributed by atoms with Crippen molar-refractivity contribution in [3.63, 3.8) is 0 Å².